The number of nitrogens with one attached hydrogen (secondary N) is 2. The summed E-state index contributed by atoms with van der Waals surface area (Å²) in [5.74, 6) is -1.24. The van der Waals surface area contributed by atoms with Crippen LogP contribution in [0.15, 0.2) is 59.0 Å². The normalized spacial score (nSPS) is 12.0. The van der Waals surface area contributed by atoms with Crippen molar-refractivity contribution in [3.8, 4) is 22.5 Å². The number of carbonyl (C=O) groups is 2. The first-order valence-electron chi connectivity index (χ1n) is 12.2. The van der Waals surface area contributed by atoms with E-state index in [0.717, 1.165) is 0 Å². The number of furan rings is 1. The molecule has 2 aromatic carbocycles. The molecule has 0 bridgehead atoms. The summed E-state index contributed by atoms with van der Waals surface area (Å²) < 4.78 is 59.0. The number of pyridine rings is 1. The number of carbonyl (C=O) groups excluding carboxylic acids is 2. The zero-order valence-corrected chi connectivity index (χ0v) is 21.8. The van der Waals surface area contributed by atoms with E-state index in [0.29, 0.717) is 22.3 Å². The van der Waals surface area contributed by atoms with Crippen molar-refractivity contribution in [3.05, 3.63) is 77.2 Å². The lowest BCUT2D eigenvalue weighted by Crippen LogP contribution is -2.40. The molecule has 2 aromatic heterocycles. The molecule has 39 heavy (non-hydrogen) atoms. The van der Waals surface area contributed by atoms with Gasteiger partial charge in [0, 0.05) is 35.7 Å². The number of aromatic nitrogens is 1. The second-order valence-electron chi connectivity index (χ2n) is 10.1. The van der Waals surface area contributed by atoms with Gasteiger partial charge in [-0.1, -0.05) is 12.1 Å². The van der Waals surface area contributed by atoms with Crippen LogP contribution in [-0.4, -0.2) is 35.6 Å². The van der Waals surface area contributed by atoms with Crippen LogP contribution in [0.1, 0.15) is 53.6 Å². The van der Waals surface area contributed by atoms with Gasteiger partial charge in [-0.25, -0.2) is 9.37 Å². The van der Waals surface area contributed by atoms with Gasteiger partial charge in [-0.3, -0.25) is 9.59 Å². The van der Waals surface area contributed by atoms with Crippen LogP contribution in [0.3, 0.4) is 0 Å². The van der Waals surface area contributed by atoms with Gasteiger partial charge in [0.05, 0.1) is 16.6 Å². The molecule has 204 valence electrons. The highest BCUT2D eigenvalue weighted by atomic mass is 19.4. The Hall–Kier alpha value is -4.21. The largest absolute Gasteiger partial charge is 0.437 e. The van der Waals surface area contributed by atoms with Gasteiger partial charge in [-0.05, 0) is 75.2 Å². The fourth-order valence-electron chi connectivity index (χ4n) is 4.16. The molecule has 10 heteroatoms. The van der Waals surface area contributed by atoms with Crippen LogP contribution in [-0.2, 0) is 6.42 Å². The van der Waals surface area contributed by atoms with Crippen molar-refractivity contribution in [1.29, 1.82) is 0 Å². The van der Waals surface area contributed by atoms with Crippen molar-refractivity contribution in [2.45, 2.75) is 45.3 Å². The molecule has 2 heterocycles. The molecule has 0 saturated carbocycles. The highest BCUT2D eigenvalue weighted by molar-refractivity contribution is 6.11. The van der Waals surface area contributed by atoms with Gasteiger partial charge < -0.3 is 15.1 Å². The minimum atomic E-state index is -4.43. The molecule has 0 atom stereocenters. The smallest absolute Gasteiger partial charge is 0.389 e. The summed E-state index contributed by atoms with van der Waals surface area (Å²) in [5, 5.41) is 5.67. The van der Waals surface area contributed by atoms with Crippen molar-refractivity contribution in [2.24, 2.45) is 0 Å². The molecule has 4 rings (SSSR count). The molecule has 2 amide bonds. The quantitative estimate of drug-likeness (QED) is 0.267. The summed E-state index contributed by atoms with van der Waals surface area (Å²) in [5.41, 5.74) is 1.16. The average molecular weight is 542 g/mol. The standard InChI is InChI=1S/C29H27F4N3O3/c1-28(2,3)36-25(37)18-7-5-6-17(14-18)20-15-21-23(26(38)34-4)24(16-8-10-19(30)11-9-16)39-27(21)35-22(20)12-13-29(31,32)33/h5-11,14-15H,12-13H2,1-4H3,(H,34,38)(H,36,37). The van der Waals surface area contributed by atoms with Gasteiger partial charge in [0.2, 0.25) is 5.71 Å². The molecule has 0 spiro atoms. The van der Waals surface area contributed by atoms with Gasteiger partial charge in [0.15, 0.2) is 0 Å². The molecule has 0 fully saturated rings. The predicted molar refractivity (Wildman–Crippen MR) is 140 cm³/mol. The fourth-order valence-corrected chi connectivity index (χ4v) is 4.16. The van der Waals surface area contributed by atoms with E-state index in [1.54, 1.807) is 30.3 Å². The third-order valence-electron chi connectivity index (χ3n) is 5.89. The van der Waals surface area contributed by atoms with Gasteiger partial charge in [0.1, 0.15) is 11.6 Å². The van der Waals surface area contributed by atoms with Crippen molar-refractivity contribution >= 4 is 22.9 Å². The Balaban J connectivity index is 1.93. The van der Waals surface area contributed by atoms with Crippen LogP contribution in [0, 0.1) is 5.82 Å². The van der Waals surface area contributed by atoms with Gasteiger partial charge >= 0.3 is 6.18 Å². The predicted octanol–water partition coefficient (Wildman–Crippen LogP) is 6.68. The Morgan fingerprint density at radius 1 is 0.949 bits per heavy atom. The maximum Gasteiger partial charge on any atom is 0.389 e. The highest BCUT2D eigenvalue weighted by Gasteiger charge is 2.29. The Morgan fingerprint density at radius 2 is 1.64 bits per heavy atom. The van der Waals surface area contributed by atoms with E-state index in [2.05, 4.69) is 15.6 Å². The van der Waals surface area contributed by atoms with Crippen LogP contribution in [0.25, 0.3) is 33.6 Å². The minimum Gasteiger partial charge on any atom is -0.437 e. The second kappa shape index (κ2) is 10.5. The monoisotopic (exact) mass is 541 g/mol. The summed E-state index contributed by atoms with van der Waals surface area (Å²) in [6, 6.07) is 13.3. The summed E-state index contributed by atoms with van der Waals surface area (Å²) in [4.78, 5) is 30.1. The Kier molecular flexibility index (Phi) is 7.50. The lowest BCUT2D eigenvalue weighted by molar-refractivity contribution is -0.134. The van der Waals surface area contributed by atoms with Crippen LogP contribution in [0.2, 0.25) is 0 Å². The molecular formula is C29H27F4N3O3. The highest BCUT2D eigenvalue weighted by Crippen LogP contribution is 2.37. The number of amides is 2. The third kappa shape index (κ3) is 6.45. The molecule has 2 N–H and O–H groups in total. The number of fused-ring (bicyclic) bond motifs is 1. The Morgan fingerprint density at radius 3 is 2.26 bits per heavy atom. The van der Waals surface area contributed by atoms with E-state index < -0.39 is 36.3 Å². The topological polar surface area (TPSA) is 84.2 Å². The van der Waals surface area contributed by atoms with E-state index in [4.69, 9.17) is 4.42 Å². The summed E-state index contributed by atoms with van der Waals surface area (Å²) in [6.45, 7) is 5.50. The number of halogens is 4. The molecule has 0 aliphatic carbocycles. The van der Waals surface area contributed by atoms with Crippen LogP contribution >= 0.6 is 0 Å². The number of hydrogen-bond donors (Lipinski definition) is 2. The number of hydrogen-bond acceptors (Lipinski definition) is 4. The molecule has 0 saturated heterocycles. The van der Waals surface area contributed by atoms with Crippen molar-refractivity contribution < 1.29 is 31.6 Å². The Labute approximate surface area is 222 Å². The van der Waals surface area contributed by atoms with E-state index in [1.165, 1.54) is 31.3 Å². The minimum absolute atomic E-state index is 0.0320. The Bertz CT molecular complexity index is 1530. The number of nitrogens with zero attached hydrogens (tertiary/aromatic N) is 1. The van der Waals surface area contributed by atoms with Crippen molar-refractivity contribution in [2.75, 3.05) is 7.05 Å². The number of rotatable bonds is 6. The maximum absolute atomic E-state index is 13.5. The number of benzene rings is 2. The first-order valence-corrected chi connectivity index (χ1v) is 12.2. The molecule has 0 unspecified atom stereocenters. The average Bonchev–Trinajstić information content (AvgIpc) is 3.24. The number of alkyl halides is 3. The lowest BCUT2D eigenvalue weighted by Gasteiger charge is -2.20. The molecule has 6 nitrogen and oxygen atoms in total. The van der Waals surface area contributed by atoms with Crippen LogP contribution in [0.4, 0.5) is 17.6 Å². The van der Waals surface area contributed by atoms with E-state index >= 15 is 0 Å². The second-order valence-corrected chi connectivity index (χ2v) is 10.1. The van der Waals surface area contributed by atoms with E-state index in [1.807, 2.05) is 20.8 Å². The van der Waals surface area contributed by atoms with E-state index in [-0.39, 0.29) is 34.0 Å². The van der Waals surface area contributed by atoms with Gasteiger partial charge in [-0.2, -0.15) is 13.2 Å². The SMILES string of the molecule is CNC(=O)c1c(-c2ccc(F)cc2)oc2nc(CCC(F)(F)F)c(-c3cccc(C(=O)NC(C)(C)C)c3)cc12. The molecule has 4 aromatic rings. The lowest BCUT2D eigenvalue weighted by atomic mass is 9.96. The summed E-state index contributed by atoms with van der Waals surface area (Å²) >= 11 is 0. The first kappa shape index (κ1) is 27.8. The van der Waals surface area contributed by atoms with E-state index in [9.17, 15) is 27.2 Å². The van der Waals surface area contributed by atoms with Crippen LogP contribution in [0.5, 0.6) is 0 Å². The van der Waals surface area contributed by atoms with Gasteiger partial charge in [0.25, 0.3) is 11.8 Å². The summed E-state index contributed by atoms with van der Waals surface area (Å²) in [6.07, 6.45) is -6.01. The molecule has 0 aliphatic heterocycles. The zero-order valence-electron chi connectivity index (χ0n) is 21.8. The van der Waals surface area contributed by atoms with Crippen molar-refractivity contribution in [3.63, 3.8) is 0 Å². The molecular weight excluding hydrogens is 514 g/mol. The number of aryl methyl sites for hydroxylation is 1. The molecule has 0 aliphatic rings. The molecule has 0 radical (unpaired) electrons. The maximum atomic E-state index is 13.5. The van der Waals surface area contributed by atoms with Gasteiger partial charge in [-0.15, -0.1) is 0 Å². The third-order valence-corrected chi connectivity index (χ3v) is 5.89. The van der Waals surface area contributed by atoms with Crippen molar-refractivity contribution in [1.82, 2.24) is 15.6 Å². The van der Waals surface area contributed by atoms with Crippen LogP contribution < -0.4 is 10.6 Å². The zero-order chi connectivity index (χ0) is 28.5. The first-order chi connectivity index (χ1) is 18.3. The fraction of sp³-hybridized carbons (Fsp3) is 0.276. The summed E-state index contributed by atoms with van der Waals surface area (Å²) in [7, 11) is 1.43.